The van der Waals surface area contributed by atoms with Crippen molar-refractivity contribution >= 4 is 44.5 Å². The molecule has 0 aliphatic rings. The predicted molar refractivity (Wildman–Crippen MR) is 82.3 cm³/mol. The van der Waals surface area contributed by atoms with Gasteiger partial charge >= 0.3 is 0 Å². The average Bonchev–Trinajstić information content (AvgIpc) is 2.42. The van der Waals surface area contributed by atoms with E-state index < -0.39 is 15.8 Å². The molecule has 0 amide bonds. The summed E-state index contributed by atoms with van der Waals surface area (Å²) in [5.74, 6) is -0.760. The number of nitrogens with zero attached hydrogens (tertiary/aromatic N) is 1. The summed E-state index contributed by atoms with van der Waals surface area (Å²) in [5, 5.41) is 0.190. The van der Waals surface area contributed by atoms with Gasteiger partial charge in [0.2, 0.25) is 0 Å². The fraction of sp³-hybridized carbons (Fsp3) is 0. The number of rotatable bonds is 4. The van der Waals surface area contributed by atoms with Gasteiger partial charge in [-0.3, -0.25) is 9.71 Å². The Kier molecular flexibility index (Phi) is 4.40. The molecule has 0 saturated heterocycles. The molecule has 0 spiro atoms. The summed E-state index contributed by atoms with van der Waals surface area (Å²) in [7, 11) is -4.11. The van der Waals surface area contributed by atoms with Crippen LogP contribution in [0, 0.1) is 5.82 Å². The first-order valence-corrected chi connectivity index (χ1v) is 7.81. The topological polar surface area (TPSA) is 85.1 Å². The highest BCUT2D eigenvalue weighted by Crippen LogP contribution is 2.23. The molecule has 0 radical (unpaired) electrons. The lowest BCUT2D eigenvalue weighted by Gasteiger charge is -2.11. The largest absolute Gasteiger partial charge is 0.388 e. The van der Waals surface area contributed by atoms with Crippen LogP contribution in [0.3, 0.4) is 0 Å². The van der Waals surface area contributed by atoms with Crippen LogP contribution in [0.4, 0.5) is 10.1 Å². The zero-order chi connectivity index (χ0) is 15.6. The third kappa shape index (κ3) is 3.46. The van der Waals surface area contributed by atoms with Gasteiger partial charge in [-0.1, -0.05) is 23.8 Å². The molecule has 3 N–H and O–H groups in total. The van der Waals surface area contributed by atoms with E-state index in [0.29, 0.717) is 0 Å². The molecular weight excluding hydrogens is 337 g/mol. The molecule has 2 aromatic rings. The lowest BCUT2D eigenvalue weighted by atomic mass is 10.3. The van der Waals surface area contributed by atoms with E-state index in [1.807, 2.05) is 0 Å². The number of halogens is 2. The van der Waals surface area contributed by atoms with Crippen molar-refractivity contribution in [1.82, 2.24) is 4.98 Å². The Bertz CT molecular complexity index is 812. The highest BCUT2D eigenvalue weighted by Gasteiger charge is 2.22. The Labute approximate surface area is 131 Å². The summed E-state index contributed by atoms with van der Waals surface area (Å²) in [6, 6.07) is 6.19. The van der Waals surface area contributed by atoms with Crippen LogP contribution in [0.1, 0.15) is 5.69 Å². The maximum atomic E-state index is 13.6. The lowest BCUT2D eigenvalue weighted by Crippen LogP contribution is -2.21. The van der Waals surface area contributed by atoms with E-state index in [1.165, 1.54) is 24.4 Å². The van der Waals surface area contributed by atoms with Crippen molar-refractivity contribution in [1.29, 1.82) is 0 Å². The third-order valence-corrected chi connectivity index (χ3v) is 4.29. The molecule has 5 nitrogen and oxygen atoms in total. The Morgan fingerprint density at radius 2 is 2.10 bits per heavy atom. The van der Waals surface area contributed by atoms with Gasteiger partial charge in [-0.05, 0) is 30.3 Å². The molecule has 2 rings (SSSR count). The van der Waals surface area contributed by atoms with Gasteiger partial charge in [-0.25, -0.2) is 12.8 Å². The summed E-state index contributed by atoms with van der Waals surface area (Å²) in [6.45, 7) is 0. The summed E-state index contributed by atoms with van der Waals surface area (Å²) in [4.78, 5) is 3.40. The van der Waals surface area contributed by atoms with Crippen molar-refractivity contribution in [2.75, 3.05) is 4.72 Å². The van der Waals surface area contributed by atoms with Crippen LogP contribution < -0.4 is 10.5 Å². The van der Waals surface area contributed by atoms with E-state index in [4.69, 9.17) is 29.6 Å². The van der Waals surface area contributed by atoms with E-state index in [-0.39, 0.29) is 26.3 Å². The molecule has 9 heteroatoms. The van der Waals surface area contributed by atoms with Crippen LogP contribution in [-0.2, 0) is 10.0 Å². The van der Waals surface area contributed by atoms with Crippen molar-refractivity contribution in [2.24, 2.45) is 5.73 Å². The van der Waals surface area contributed by atoms with Crippen LogP contribution in [0.5, 0.6) is 0 Å². The molecule has 0 saturated carbocycles. The monoisotopic (exact) mass is 345 g/mol. The lowest BCUT2D eigenvalue weighted by molar-refractivity contribution is 0.598. The van der Waals surface area contributed by atoms with E-state index in [0.717, 1.165) is 12.1 Å². The Hall–Kier alpha value is -1.77. The van der Waals surface area contributed by atoms with Crippen molar-refractivity contribution < 1.29 is 12.8 Å². The standard InChI is InChI=1S/C12H9ClFN3O2S2/c13-7-3-4-8(14)9(6-7)17-21(18,19)10-2-1-5-16-11(10)12(15)20/h1-6,17H,(H2,15,20). The molecule has 110 valence electrons. The maximum Gasteiger partial charge on any atom is 0.264 e. The number of nitrogens with one attached hydrogen (secondary N) is 1. The molecule has 1 aromatic heterocycles. The van der Waals surface area contributed by atoms with Crippen molar-refractivity contribution in [2.45, 2.75) is 4.90 Å². The summed E-state index contributed by atoms with van der Waals surface area (Å²) in [5.41, 5.74) is 5.10. The SMILES string of the molecule is NC(=S)c1ncccc1S(=O)(=O)Nc1cc(Cl)ccc1F. The number of hydrogen-bond acceptors (Lipinski definition) is 4. The Balaban J connectivity index is 2.49. The van der Waals surface area contributed by atoms with E-state index in [1.54, 1.807) is 0 Å². The molecule has 0 aliphatic carbocycles. The average molecular weight is 346 g/mol. The highest BCUT2D eigenvalue weighted by atomic mass is 35.5. The predicted octanol–water partition coefficient (Wildman–Crippen LogP) is 2.31. The van der Waals surface area contributed by atoms with E-state index in [9.17, 15) is 12.8 Å². The summed E-state index contributed by atoms with van der Waals surface area (Å²) in [6.07, 6.45) is 1.35. The first-order chi connectivity index (χ1) is 9.81. The highest BCUT2D eigenvalue weighted by molar-refractivity contribution is 7.93. The van der Waals surface area contributed by atoms with Gasteiger partial charge in [0.15, 0.2) is 0 Å². The first-order valence-electron chi connectivity index (χ1n) is 5.54. The number of aromatic nitrogens is 1. The molecule has 1 aromatic carbocycles. The van der Waals surface area contributed by atoms with Crippen LogP contribution in [0.25, 0.3) is 0 Å². The fourth-order valence-electron chi connectivity index (χ4n) is 1.57. The number of pyridine rings is 1. The summed E-state index contributed by atoms with van der Waals surface area (Å²) < 4.78 is 40.3. The van der Waals surface area contributed by atoms with Crippen molar-refractivity contribution in [3.8, 4) is 0 Å². The van der Waals surface area contributed by atoms with Gasteiger partial charge in [-0.2, -0.15) is 0 Å². The van der Waals surface area contributed by atoms with Gasteiger partial charge in [0.1, 0.15) is 21.4 Å². The molecule has 0 unspecified atom stereocenters. The molecule has 0 bridgehead atoms. The number of thiocarbonyl (C=S) groups is 1. The number of benzene rings is 1. The fourth-order valence-corrected chi connectivity index (χ4v) is 3.20. The minimum atomic E-state index is -4.11. The minimum absolute atomic E-state index is 0.0672. The molecule has 21 heavy (non-hydrogen) atoms. The van der Waals surface area contributed by atoms with Crippen molar-refractivity contribution in [3.63, 3.8) is 0 Å². The van der Waals surface area contributed by atoms with E-state index in [2.05, 4.69) is 9.71 Å². The maximum absolute atomic E-state index is 13.6. The second-order valence-electron chi connectivity index (χ2n) is 3.94. The number of nitrogens with two attached hydrogens (primary N) is 1. The Morgan fingerprint density at radius 3 is 2.76 bits per heavy atom. The molecule has 0 aliphatic heterocycles. The van der Waals surface area contributed by atoms with Gasteiger partial charge in [0, 0.05) is 11.2 Å². The number of sulfonamides is 1. The summed E-state index contributed by atoms with van der Waals surface area (Å²) >= 11 is 10.5. The zero-order valence-corrected chi connectivity index (χ0v) is 12.8. The first kappa shape index (κ1) is 15.6. The molecule has 0 atom stereocenters. The van der Waals surface area contributed by atoms with Gasteiger partial charge in [-0.15, -0.1) is 0 Å². The minimum Gasteiger partial charge on any atom is -0.388 e. The smallest absolute Gasteiger partial charge is 0.264 e. The van der Waals surface area contributed by atoms with Crippen LogP contribution in [-0.4, -0.2) is 18.4 Å². The zero-order valence-electron chi connectivity index (χ0n) is 10.4. The normalized spacial score (nSPS) is 11.1. The number of anilines is 1. The van der Waals surface area contributed by atoms with Crippen molar-refractivity contribution in [3.05, 3.63) is 53.1 Å². The van der Waals surface area contributed by atoms with Crippen LogP contribution in [0.2, 0.25) is 5.02 Å². The van der Waals surface area contributed by atoms with Gasteiger partial charge in [0.25, 0.3) is 10.0 Å². The molecule has 1 heterocycles. The second kappa shape index (κ2) is 5.92. The van der Waals surface area contributed by atoms with Crippen LogP contribution in [0.15, 0.2) is 41.4 Å². The van der Waals surface area contributed by atoms with Gasteiger partial charge in [0.05, 0.1) is 5.69 Å². The molecule has 0 fully saturated rings. The van der Waals surface area contributed by atoms with Crippen LogP contribution >= 0.6 is 23.8 Å². The quantitative estimate of drug-likeness (QED) is 0.830. The second-order valence-corrected chi connectivity index (χ2v) is 6.47. The number of hydrogen-bond donors (Lipinski definition) is 2. The molecular formula is C12H9ClFN3O2S2. The van der Waals surface area contributed by atoms with E-state index >= 15 is 0 Å². The van der Waals surface area contributed by atoms with Gasteiger partial charge < -0.3 is 5.73 Å². The third-order valence-electron chi connectivity index (χ3n) is 2.47. The Morgan fingerprint density at radius 1 is 1.38 bits per heavy atom.